The van der Waals surface area contributed by atoms with E-state index in [1.807, 2.05) is 0 Å². The number of aliphatic imine (C=N–C) groups is 1. The van der Waals surface area contributed by atoms with Crippen molar-refractivity contribution < 1.29 is 18.3 Å². The third-order valence-electron chi connectivity index (χ3n) is 4.70. The highest BCUT2D eigenvalue weighted by atomic mass is 19.4. The molecule has 0 amide bonds. The quantitative estimate of drug-likeness (QED) is 0.419. The number of hydrogen-bond donors (Lipinski definition) is 4. The van der Waals surface area contributed by atoms with Crippen LogP contribution in [0, 0.1) is 11.3 Å². The SMILES string of the molecule is CC#N.NC(=Nc1ccc(C(O)C(F)(F)F)cc1)c1c(NC2CCCC2)cc[nH]c1=O. The molecule has 0 bridgehead atoms. The molecule has 7 nitrogen and oxygen atoms in total. The first kappa shape index (κ1) is 24.0. The van der Waals surface area contributed by atoms with Crippen LogP contribution in [0.15, 0.2) is 46.3 Å². The van der Waals surface area contributed by atoms with Gasteiger partial charge in [-0.3, -0.25) is 4.79 Å². The lowest BCUT2D eigenvalue weighted by molar-refractivity contribution is -0.206. The molecule has 10 heteroatoms. The van der Waals surface area contributed by atoms with Gasteiger partial charge in [0.1, 0.15) is 11.4 Å². The van der Waals surface area contributed by atoms with Gasteiger partial charge in [0.25, 0.3) is 5.56 Å². The predicted molar refractivity (Wildman–Crippen MR) is 112 cm³/mol. The van der Waals surface area contributed by atoms with Crippen LogP contribution in [0.3, 0.4) is 0 Å². The van der Waals surface area contributed by atoms with E-state index in [1.165, 1.54) is 25.3 Å². The summed E-state index contributed by atoms with van der Waals surface area (Å²) in [6.45, 7) is 1.43. The number of aromatic amines is 1. The molecule has 1 aliphatic rings. The third kappa shape index (κ3) is 6.58. The van der Waals surface area contributed by atoms with Crippen molar-refractivity contribution in [1.82, 2.24) is 4.98 Å². The van der Waals surface area contributed by atoms with Gasteiger partial charge in [-0.05, 0) is 36.6 Å². The van der Waals surface area contributed by atoms with Gasteiger partial charge in [0.2, 0.25) is 0 Å². The smallest absolute Gasteiger partial charge is 0.383 e. The number of aliphatic hydroxyl groups excluding tert-OH is 1. The molecule has 0 aliphatic heterocycles. The molecule has 1 aromatic heterocycles. The van der Waals surface area contributed by atoms with E-state index in [0.717, 1.165) is 37.8 Å². The van der Waals surface area contributed by atoms with Crippen molar-refractivity contribution in [3.63, 3.8) is 0 Å². The molecule has 0 spiro atoms. The summed E-state index contributed by atoms with van der Waals surface area (Å²) >= 11 is 0. The minimum Gasteiger partial charge on any atom is -0.383 e. The Bertz CT molecular complexity index is 988. The zero-order valence-electron chi connectivity index (χ0n) is 16.9. The van der Waals surface area contributed by atoms with Crippen molar-refractivity contribution in [1.29, 1.82) is 5.26 Å². The maximum atomic E-state index is 12.6. The topological polar surface area (TPSA) is 127 Å². The number of nitrogens with zero attached hydrogens (tertiary/aromatic N) is 2. The van der Waals surface area contributed by atoms with Crippen LogP contribution < -0.4 is 16.6 Å². The molecular weight excluding hydrogens is 411 g/mol. The molecule has 1 heterocycles. The molecule has 1 unspecified atom stereocenters. The number of nitriles is 1. The lowest BCUT2D eigenvalue weighted by Gasteiger charge is -2.16. The molecule has 2 aromatic rings. The third-order valence-corrected chi connectivity index (χ3v) is 4.70. The van der Waals surface area contributed by atoms with Crippen LogP contribution in [-0.4, -0.2) is 28.1 Å². The van der Waals surface area contributed by atoms with Gasteiger partial charge in [0.15, 0.2) is 6.10 Å². The molecule has 0 radical (unpaired) electrons. The zero-order chi connectivity index (χ0) is 23.0. The molecule has 5 N–H and O–H groups in total. The number of halogens is 3. The first-order chi connectivity index (χ1) is 14.7. The van der Waals surface area contributed by atoms with E-state index in [9.17, 15) is 23.1 Å². The lowest BCUT2D eigenvalue weighted by Crippen LogP contribution is -2.28. The molecular formula is C21H24F3N5O2. The number of pyridine rings is 1. The number of nitrogens with one attached hydrogen (secondary N) is 2. The maximum absolute atomic E-state index is 12.6. The van der Waals surface area contributed by atoms with Gasteiger partial charge in [-0.2, -0.15) is 18.4 Å². The number of rotatable bonds is 5. The van der Waals surface area contributed by atoms with E-state index in [2.05, 4.69) is 15.3 Å². The Morgan fingerprint density at radius 2 is 1.87 bits per heavy atom. The van der Waals surface area contributed by atoms with Crippen molar-refractivity contribution in [2.45, 2.75) is 50.9 Å². The molecule has 1 atom stereocenters. The Labute approximate surface area is 177 Å². The van der Waals surface area contributed by atoms with Crippen molar-refractivity contribution in [3.8, 4) is 6.07 Å². The van der Waals surface area contributed by atoms with Gasteiger partial charge in [-0.1, -0.05) is 25.0 Å². The number of alkyl halides is 3. The van der Waals surface area contributed by atoms with E-state index < -0.39 is 17.8 Å². The summed E-state index contributed by atoms with van der Waals surface area (Å²) in [4.78, 5) is 19.0. The standard InChI is InChI=1S/C19H21F3N4O2.C2H3N/c20-19(21,22)16(27)11-5-7-13(8-6-11)26-17(23)15-14(9-10-24-18(15)28)25-12-3-1-2-4-12;1-2-3/h5-10,12,16,27H,1-4H2,(H2,23,26)(H2,24,25,28);1H3. The maximum Gasteiger partial charge on any atom is 0.418 e. The fraction of sp³-hybridized carbons (Fsp3) is 0.381. The summed E-state index contributed by atoms with van der Waals surface area (Å²) in [5, 5.41) is 19.9. The molecule has 0 saturated heterocycles. The number of aromatic nitrogens is 1. The van der Waals surface area contributed by atoms with Crippen LogP contribution in [-0.2, 0) is 0 Å². The second-order valence-electron chi connectivity index (χ2n) is 6.98. The zero-order valence-corrected chi connectivity index (χ0v) is 16.9. The molecule has 1 fully saturated rings. The molecule has 166 valence electrons. The van der Waals surface area contributed by atoms with E-state index in [-0.39, 0.29) is 28.7 Å². The van der Waals surface area contributed by atoms with Crippen LogP contribution in [0.25, 0.3) is 0 Å². The summed E-state index contributed by atoms with van der Waals surface area (Å²) in [6, 6.07) is 8.57. The van der Waals surface area contributed by atoms with Gasteiger partial charge in [-0.15, -0.1) is 0 Å². The first-order valence-electron chi connectivity index (χ1n) is 9.65. The Morgan fingerprint density at radius 1 is 1.29 bits per heavy atom. The first-order valence-corrected chi connectivity index (χ1v) is 9.65. The minimum absolute atomic E-state index is 0.0496. The van der Waals surface area contributed by atoms with E-state index in [1.54, 1.807) is 12.1 Å². The van der Waals surface area contributed by atoms with Crippen molar-refractivity contribution in [3.05, 3.63) is 58.0 Å². The second kappa shape index (κ2) is 10.6. The molecule has 3 rings (SSSR count). The lowest BCUT2D eigenvalue weighted by atomic mass is 10.1. The summed E-state index contributed by atoms with van der Waals surface area (Å²) in [7, 11) is 0. The van der Waals surface area contributed by atoms with Gasteiger partial charge < -0.3 is 21.1 Å². The number of amidine groups is 1. The summed E-state index contributed by atoms with van der Waals surface area (Å²) in [5.74, 6) is -0.0496. The van der Waals surface area contributed by atoms with E-state index in [4.69, 9.17) is 11.0 Å². The normalized spacial score (nSPS) is 15.5. The highest BCUT2D eigenvalue weighted by Gasteiger charge is 2.39. The van der Waals surface area contributed by atoms with Crippen LogP contribution in [0.5, 0.6) is 0 Å². The largest absolute Gasteiger partial charge is 0.418 e. The van der Waals surface area contributed by atoms with Gasteiger partial charge in [0.05, 0.1) is 17.4 Å². The number of H-pyrrole nitrogens is 1. The van der Waals surface area contributed by atoms with Crippen LogP contribution >= 0.6 is 0 Å². The monoisotopic (exact) mass is 435 g/mol. The van der Waals surface area contributed by atoms with Crippen LogP contribution in [0.2, 0.25) is 0 Å². The van der Waals surface area contributed by atoms with Crippen LogP contribution in [0.1, 0.15) is 49.8 Å². The number of aliphatic hydroxyl groups is 1. The summed E-state index contributed by atoms with van der Waals surface area (Å²) in [6.07, 6.45) is -1.54. The van der Waals surface area contributed by atoms with Gasteiger partial charge in [-0.25, -0.2) is 4.99 Å². The summed E-state index contributed by atoms with van der Waals surface area (Å²) < 4.78 is 37.7. The second-order valence-corrected chi connectivity index (χ2v) is 6.98. The fourth-order valence-corrected chi connectivity index (χ4v) is 3.26. The van der Waals surface area contributed by atoms with E-state index >= 15 is 0 Å². The Morgan fingerprint density at radius 3 is 2.42 bits per heavy atom. The van der Waals surface area contributed by atoms with Crippen molar-refractivity contribution in [2.24, 2.45) is 10.7 Å². The van der Waals surface area contributed by atoms with E-state index in [0.29, 0.717) is 5.69 Å². The molecule has 1 saturated carbocycles. The number of hydrogen-bond acceptors (Lipinski definition) is 5. The average Bonchev–Trinajstić information content (AvgIpc) is 3.21. The highest BCUT2D eigenvalue weighted by Crippen LogP contribution is 2.33. The predicted octanol–water partition coefficient (Wildman–Crippen LogP) is 3.89. The van der Waals surface area contributed by atoms with Crippen molar-refractivity contribution >= 4 is 17.2 Å². The Kier molecular flexibility index (Phi) is 8.22. The average molecular weight is 435 g/mol. The van der Waals surface area contributed by atoms with Crippen molar-refractivity contribution in [2.75, 3.05) is 5.32 Å². The molecule has 1 aliphatic carbocycles. The molecule has 1 aromatic carbocycles. The number of nitrogens with two attached hydrogens (primary N) is 1. The Balaban J connectivity index is 0.00000107. The number of anilines is 1. The highest BCUT2D eigenvalue weighted by molar-refractivity contribution is 6.03. The van der Waals surface area contributed by atoms with Gasteiger partial charge >= 0.3 is 6.18 Å². The van der Waals surface area contributed by atoms with Crippen LogP contribution in [0.4, 0.5) is 24.5 Å². The van der Waals surface area contributed by atoms with Gasteiger partial charge in [0, 0.05) is 19.2 Å². The number of benzene rings is 1. The minimum atomic E-state index is -4.75. The molecule has 31 heavy (non-hydrogen) atoms. The summed E-state index contributed by atoms with van der Waals surface area (Å²) in [5.41, 5.74) is 6.35. The Hall–Kier alpha value is -3.32. The fourth-order valence-electron chi connectivity index (χ4n) is 3.26.